The van der Waals surface area contributed by atoms with Gasteiger partial charge in [0.05, 0.1) is 18.4 Å². The molecular formula is C22H24FN3O4. The Balaban J connectivity index is 1.68. The largest absolute Gasteiger partial charge is 0.467 e. The summed E-state index contributed by atoms with van der Waals surface area (Å²) in [5.41, 5.74) is 1.32. The summed E-state index contributed by atoms with van der Waals surface area (Å²) in [6, 6.07) is 9.12. The van der Waals surface area contributed by atoms with Gasteiger partial charge in [-0.05, 0) is 38.0 Å². The van der Waals surface area contributed by atoms with Crippen molar-refractivity contribution >= 4 is 12.0 Å². The number of ether oxygens (including phenoxy) is 1. The van der Waals surface area contributed by atoms with E-state index < -0.39 is 18.0 Å². The Kier molecular flexibility index (Phi) is 5.85. The van der Waals surface area contributed by atoms with Gasteiger partial charge in [0.1, 0.15) is 17.6 Å². The minimum atomic E-state index is -0.752. The Bertz CT molecular complexity index is 953. The van der Waals surface area contributed by atoms with Gasteiger partial charge < -0.3 is 19.8 Å². The molecule has 1 aliphatic heterocycles. The molecule has 0 bridgehead atoms. The van der Waals surface area contributed by atoms with E-state index in [0.717, 1.165) is 12.8 Å². The number of nitrogens with zero attached hydrogens (tertiary/aromatic N) is 1. The van der Waals surface area contributed by atoms with Crippen molar-refractivity contribution in [2.45, 2.75) is 38.4 Å². The fraction of sp³-hybridized carbons (Fsp3) is 0.364. The van der Waals surface area contributed by atoms with Crippen molar-refractivity contribution < 1.29 is 23.1 Å². The van der Waals surface area contributed by atoms with E-state index in [4.69, 9.17) is 9.15 Å². The lowest BCUT2D eigenvalue weighted by atomic mass is 9.99. The van der Waals surface area contributed by atoms with Crippen LogP contribution in [0.5, 0.6) is 0 Å². The minimum absolute atomic E-state index is 0.204. The highest BCUT2D eigenvalue weighted by atomic mass is 19.1. The van der Waals surface area contributed by atoms with Gasteiger partial charge in [0.25, 0.3) is 0 Å². The van der Waals surface area contributed by atoms with Crippen molar-refractivity contribution in [2.75, 3.05) is 13.2 Å². The highest BCUT2D eigenvalue weighted by molar-refractivity contribution is 5.95. The Labute approximate surface area is 173 Å². The maximum atomic E-state index is 14.2. The fourth-order valence-corrected chi connectivity index (χ4v) is 3.66. The number of carbonyl (C=O) groups is 2. The third kappa shape index (κ3) is 4.38. The van der Waals surface area contributed by atoms with Crippen molar-refractivity contribution in [3.05, 3.63) is 71.1 Å². The standard InChI is InChI=1S/C22H24FN3O4/c1-2-29-21(27)19-17(24-22(28)25-20(19)18-8-5-11-30-18)13-26(15-9-10-15)12-14-6-3-4-7-16(14)23/h3-8,11,15,20H,2,9-10,12-13H2,1H3,(H2,24,25,28)/t20-/m0/s1. The molecular weight excluding hydrogens is 389 g/mol. The van der Waals surface area contributed by atoms with Crippen molar-refractivity contribution in [2.24, 2.45) is 0 Å². The van der Waals surface area contributed by atoms with Crippen LogP contribution >= 0.6 is 0 Å². The van der Waals surface area contributed by atoms with Gasteiger partial charge in [-0.25, -0.2) is 14.0 Å². The zero-order valence-electron chi connectivity index (χ0n) is 16.7. The first-order valence-corrected chi connectivity index (χ1v) is 10.0. The van der Waals surface area contributed by atoms with E-state index >= 15 is 0 Å². The average Bonchev–Trinajstić information content (AvgIpc) is 3.42. The van der Waals surface area contributed by atoms with Crippen LogP contribution in [-0.2, 0) is 16.1 Å². The second-order valence-electron chi connectivity index (χ2n) is 7.39. The molecule has 1 atom stereocenters. The van der Waals surface area contributed by atoms with Crippen LogP contribution in [0.3, 0.4) is 0 Å². The van der Waals surface area contributed by atoms with Crippen LogP contribution in [0.25, 0.3) is 0 Å². The summed E-state index contributed by atoms with van der Waals surface area (Å²) >= 11 is 0. The van der Waals surface area contributed by atoms with E-state index in [9.17, 15) is 14.0 Å². The molecule has 158 valence electrons. The summed E-state index contributed by atoms with van der Waals surface area (Å²) in [5, 5.41) is 5.50. The average molecular weight is 413 g/mol. The maximum absolute atomic E-state index is 14.2. The van der Waals surface area contributed by atoms with Gasteiger partial charge in [0.15, 0.2) is 0 Å². The lowest BCUT2D eigenvalue weighted by Gasteiger charge is -2.31. The molecule has 30 heavy (non-hydrogen) atoms. The molecule has 0 unspecified atom stereocenters. The topological polar surface area (TPSA) is 83.8 Å². The second-order valence-corrected chi connectivity index (χ2v) is 7.39. The lowest BCUT2D eigenvalue weighted by molar-refractivity contribution is -0.139. The molecule has 1 aromatic heterocycles. The van der Waals surface area contributed by atoms with Crippen molar-refractivity contribution in [3.63, 3.8) is 0 Å². The highest BCUT2D eigenvalue weighted by Crippen LogP contribution is 2.32. The molecule has 2 aromatic rings. The molecule has 2 N–H and O–H groups in total. The number of benzene rings is 1. The lowest BCUT2D eigenvalue weighted by Crippen LogP contribution is -2.48. The summed E-state index contributed by atoms with van der Waals surface area (Å²) in [5.74, 6) is -0.355. The van der Waals surface area contributed by atoms with Crippen LogP contribution < -0.4 is 10.6 Å². The van der Waals surface area contributed by atoms with Gasteiger partial charge >= 0.3 is 12.0 Å². The molecule has 0 radical (unpaired) electrons. The number of rotatable bonds is 8. The molecule has 1 aliphatic carbocycles. The number of furan rings is 1. The van der Waals surface area contributed by atoms with E-state index in [1.807, 2.05) is 0 Å². The molecule has 2 aliphatic rings. The third-order valence-electron chi connectivity index (χ3n) is 5.23. The molecule has 2 heterocycles. The Morgan fingerprint density at radius 1 is 1.23 bits per heavy atom. The van der Waals surface area contributed by atoms with Gasteiger partial charge in [0.2, 0.25) is 0 Å². The summed E-state index contributed by atoms with van der Waals surface area (Å²) < 4.78 is 24.9. The number of hydrogen-bond acceptors (Lipinski definition) is 5. The molecule has 1 saturated carbocycles. The van der Waals surface area contributed by atoms with Crippen molar-refractivity contribution in [1.82, 2.24) is 15.5 Å². The molecule has 7 nitrogen and oxygen atoms in total. The van der Waals surface area contributed by atoms with E-state index in [1.54, 1.807) is 37.3 Å². The first kappa shape index (κ1) is 20.2. The Morgan fingerprint density at radius 3 is 2.70 bits per heavy atom. The molecule has 0 saturated heterocycles. The van der Waals surface area contributed by atoms with Gasteiger partial charge in [-0.2, -0.15) is 0 Å². The summed E-state index contributed by atoms with van der Waals surface area (Å²) in [7, 11) is 0. The number of esters is 1. The number of halogens is 1. The van der Waals surface area contributed by atoms with Crippen LogP contribution in [0.4, 0.5) is 9.18 Å². The third-order valence-corrected chi connectivity index (χ3v) is 5.23. The number of hydrogen-bond donors (Lipinski definition) is 2. The predicted molar refractivity (Wildman–Crippen MR) is 107 cm³/mol. The Hall–Kier alpha value is -3.13. The summed E-state index contributed by atoms with van der Waals surface area (Å²) in [6.45, 7) is 2.60. The maximum Gasteiger partial charge on any atom is 0.338 e. The van der Waals surface area contributed by atoms with Gasteiger partial charge in [-0.15, -0.1) is 0 Å². The van der Waals surface area contributed by atoms with E-state index in [-0.39, 0.29) is 25.0 Å². The first-order valence-electron chi connectivity index (χ1n) is 10.0. The number of carbonyl (C=O) groups excluding carboxylic acids is 2. The quantitative estimate of drug-likeness (QED) is 0.649. The normalized spacial score (nSPS) is 18.9. The highest BCUT2D eigenvalue weighted by Gasteiger charge is 2.38. The smallest absolute Gasteiger partial charge is 0.338 e. The van der Waals surface area contributed by atoms with Crippen LogP contribution in [0.1, 0.15) is 37.1 Å². The minimum Gasteiger partial charge on any atom is -0.467 e. The number of nitrogens with one attached hydrogen (secondary N) is 2. The summed E-state index contributed by atoms with van der Waals surface area (Å²) in [6.07, 6.45) is 3.47. The van der Waals surface area contributed by atoms with Crippen LogP contribution in [-0.4, -0.2) is 36.1 Å². The van der Waals surface area contributed by atoms with Crippen LogP contribution in [0, 0.1) is 5.82 Å². The molecule has 0 spiro atoms. The zero-order valence-corrected chi connectivity index (χ0v) is 16.7. The number of urea groups is 1. The molecule has 2 amide bonds. The van der Waals surface area contributed by atoms with E-state index in [0.29, 0.717) is 29.1 Å². The van der Waals surface area contributed by atoms with Gasteiger partial charge in [-0.3, -0.25) is 4.90 Å². The zero-order chi connectivity index (χ0) is 21.1. The van der Waals surface area contributed by atoms with Crippen LogP contribution in [0.2, 0.25) is 0 Å². The molecule has 1 fully saturated rings. The molecule has 1 aromatic carbocycles. The van der Waals surface area contributed by atoms with Gasteiger partial charge in [-0.1, -0.05) is 18.2 Å². The fourth-order valence-electron chi connectivity index (χ4n) is 3.66. The van der Waals surface area contributed by atoms with E-state index in [2.05, 4.69) is 15.5 Å². The summed E-state index contributed by atoms with van der Waals surface area (Å²) in [4.78, 5) is 27.2. The van der Waals surface area contributed by atoms with Crippen LogP contribution in [0.15, 0.2) is 58.3 Å². The van der Waals surface area contributed by atoms with Gasteiger partial charge in [0, 0.05) is 30.4 Å². The second kappa shape index (κ2) is 8.71. The monoisotopic (exact) mass is 413 g/mol. The van der Waals surface area contributed by atoms with Crippen molar-refractivity contribution in [3.8, 4) is 0 Å². The Morgan fingerprint density at radius 2 is 2.03 bits per heavy atom. The SMILES string of the molecule is CCOC(=O)C1=C(CN(Cc2ccccc2F)C2CC2)NC(=O)N[C@H]1c1ccco1. The molecule has 8 heteroatoms. The van der Waals surface area contributed by atoms with E-state index in [1.165, 1.54) is 12.3 Å². The van der Waals surface area contributed by atoms with Crippen molar-refractivity contribution in [1.29, 1.82) is 0 Å². The molecule has 4 rings (SSSR count). The first-order chi connectivity index (χ1) is 14.6. The number of amides is 2. The predicted octanol–water partition coefficient (Wildman–Crippen LogP) is 3.25.